The van der Waals surface area contributed by atoms with Crippen molar-refractivity contribution in [3.05, 3.63) is 68.9 Å². The van der Waals surface area contributed by atoms with E-state index in [-0.39, 0.29) is 5.91 Å². The summed E-state index contributed by atoms with van der Waals surface area (Å²) in [5, 5.41) is 5.17. The first-order chi connectivity index (χ1) is 11.1. The first-order valence-corrected chi connectivity index (χ1v) is 8.50. The van der Waals surface area contributed by atoms with Gasteiger partial charge in [0.1, 0.15) is 0 Å². The molecule has 118 valence electrons. The molecule has 1 amide bonds. The van der Waals surface area contributed by atoms with Gasteiger partial charge in [-0.2, -0.15) is 0 Å². The fourth-order valence-corrected chi connectivity index (χ4v) is 3.60. The molecule has 7 heteroatoms. The molecule has 2 heterocycles. The van der Waals surface area contributed by atoms with Crippen molar-refractivity contribution in [2.75, 3.05) is 5.32 Å². The fraction of sp³-hybridized carbons (Fsp3) is 0.125. The van der Waals surface area contributed by atoms with Crippen LogP contribution in [0.2, 0.25) is 0 Å². The third-order valence-corrected chi connectivity index (χ3v) is 4.87. The van der Waals surface area contributed by atoms with Crippen molar-refractivity contribution in [3.63, 3.8) is 0 Å². The van der Waals surface area contributed by atoms with E-state index in [2.05, 4.69) is 10.3 Å². The fourth-order valence-electron chi connectivity index (χ4n) is 2.03. The van der Waals surface area contributed by atoms with Crippen molar-refractivity contribution >= 4 is 33.7 Å². The molecule has 0 unspecified atom stereocenters. The molecule has 0 saturated carbocycles. The highest BCUT2D eigenvalue weighted by Crippen LogP contribution is 2.22. The van der Waals surface area contributed by atoms with Crippen molar-refractivity contribution in [2.45, 2.75) is 12.8 Å². The van der Waals surface area contributed by atoms with Gasteiger partial charge in [-0.05, 0) is 29.1 Å². The average Bonchev–Trinajstić information content (AvgIpc) is 3.15. The minimum absolute atomic E-state index is 0.124. The number of amides is 1. The zero-order valence-corrected chi connectivity index (χ0v) is 13.5. The minimum atomic E-state index is -0.864. The van der Waals surface area contributed by atoms with Gasteiger partial charge in [0, 0.05) is 22.4 Å². The number of benzene rings is 1. The molecule has 0 saturated heterocycles. The van der Waals surface area contributed by atoms with Crippen LogP contribution in [0, 0.1) is 11.6 Å². The molecule has 3 rings (SSSR count). The number of hydrogen-bond acceptors (Lipinski definition) is 4. The second kappa shape index (κ2) is 6.97. The number of nitrogens with zero attached hydrogens (tertiary/aromatic N) is 1. The quantitative estimate of drug-likeness (QED) is 0.747. The van der Waals surface area contributed by atoms with Gasteiger partial charge in [0.15, 0.2) is 16.8 Å². The van der Waals surface area contributed by atoms with Crippen molar-refractivity contribution in [1.82, 2.24) is 4.98 Å². The Morgan fingerprint density at radius 3 is 2.78 bits per heavy atom. The summed E-state index contributed by atoms with van der Waals surface area (Å²) >= 11 is 2.85. The molecule has 0 bridgehead atoms. The number of aromatic nitrogens is 1. The molecule has 0 spiro atoms. The highest BCUT2D eigenvalue weighted by atomic mass is 32.1. The van der Waals surface area contributed by atoms with Gasteiger partial charge in [-0.25, -0.2) is 13.8 Å². The van der Waals surface area contributed by atoms with Gasteiger partial charge < -0.3 is 5.32 Å². The van der Waals surface area contributed by atoms with Gasteiger partial charge in [0.2, 0.25) is 5.91 Å². The minimum Gasteiger partial charge on any atom is -0.302 e. The normalized spacial score (nSPS) is 10.7. The Balaban J connectivity index is 1.61. The molecular formula is C16H12F2N2OS2. The number of anilines is 1. The Kier molecular flexibility index (Phi) is 4.78. The number of rotatable bonds is 5. The number of nitrogens with one attached hydrogen (secondary N) is 1. The van der Waals surface area contributed by atoms with E-state index in [9.17, 15) is 13.6 Å². The molecule has 0 aliphatic rings. The molecule has 0 aliphatic heterocycles. The monoisotopic (exact) mass is 350 g/mol. The van der Waals surface area contributed by atoms with E-state index in [1.54, 1.807) is 6.20 Å². The number of hydrogen-bond donors (Lipinski definition) is 1. The van der Waals surface area contributed by atoms with Crippen molar-refractivity contribution in [1.29, 1.82) is 0 Å². The molecule has 0 fully saturated rings. The van der Waals surface area contributed by atoms with Gasteiger partial charge in [-0.15, -0.1) is 22.7 Å². The largest absolute Gasteiger partial charge is 0.302 e. The predicted octanol–water partition coefficient (Wildman–Crippen LogP) is 4.25. The van der Waals surface area contributed by atoms with Crippen LogP contribution in [0.15, 0.2) is 41.9 Å². The Morgan fingerprint density at radius 1 is 1.17 bits per heavy atom. The molecule has 3 nitrogen and oxygen atoms in total. The Bertz CT molecular complexity index is 815. The van der Waals surface area contributed by atoms with Crippen LogP contribution < -0.4 is 5.32 Å². The summed E-state index contributed by atoms with van der Waals surface area (Å²) in [6, 6.07) is 7.61. The van der Waals surface area contributed by atoms with E-state index in [1.807, 2.05) is 17.5 Å². The maximum absolute atomic E-state index is 13.2. The summed E-state index contributed by atoms with van der Waals surface area (Å²) in [4.78, 5) is 17.9. The van der Waals surface area contributed by atoms with E-state index < -0.39 is 11.6 Å². The van der Waals surface area contributed by atoms with Crippen LogP contribution in [0.25, 0.3) is 0 Å². The highest BCUT2D eigenvalue weighted by molar-refractivity contribution is 7.15. The van der Waals surface area contributed by atoms with Crippen LogP contribution in [-0.4, -0.2) is 10.9 Å². The Hall–Kier alpha value is -2.12. The summed E-state index contributed by atoms with van der Waals surface area (Å²) in [7, 11) is 0. The lowest BCUT2D eigenvalue weighted by molar-refractivity contribution is -0.115. The number of carbonyl (C=O) groups is 1. The van der Waals surface area contributed by atoms with E-state index in [4.69, 9.17) is 0 Å². The summed E-state index contributed by atoms with van der Waals surface area (Å²) in [5.41, 5.74) is 0.656. The highest BCUT2D eigenvalue weighted by Gasteiger charge is 2.10. The third-order valence-electron chi connectivity index (χ3n) is 3.08. The first-order valence-electron chi connectivity index (χ1n) is 6.81. The molecule has 2 aromatic heterocycles. The molecule has 1 aromatic carbocycles. The van der Waals surface area contributed by atoms with Gasteiger partial charge in [-0.1, -0.05) is 12.1 Å². The van der Waals surface area contributed by atoms with Gasteiger partial charge in [-0.3, -0.25) is 4.79 Å². The Labute approximate surface area is 139 Å². The van der Waals surface area contributed by atoms with Crippen molar-refractivity contribution in [3.8, 4) is 0 Å². The zero-order valence-electron chi connectivity index (χ0n) is 11.9. The van der Waals surface area contributed by atoms with E-state index in [0.29, 0.717) is 23.5 Å². The summed E-state index contributed by atoms with van der Waals surface area (Å²) < 4.78 is 26.1. The summed E-state index contributed by atoms with van der Waals surface area (Å²) in [5.74, 6) is -1.85. The molecule has 0 radical (unpaired) electrons. The lowest BCUT2D eigenvalue weighted by atomic mass is 10.1. The number of thiazole rings is 1. The molecule has 0 atom stereocenters. The molecule has 1 N–H and O–H groups in total. The second-order valence-electron chi connectivity index (χ2n) is 4.86. The maximum Gasteiger partial charge on any atom is 0.231 e. The first kappa shape index (κ1) is 15.8. The van der Waals surface area contributed by atoms with Gasteiger partial charge >= 0.3 is 0 Å². The molecule has 0 aliphatic carbocycles. The number of carbonyl (C=O) groups excluding carboxylic acids is 1. The second-order valence-corrected chi connectivity index (χ2v) is 7.01. The zero-order chi connectivity index (χ0) is 16.2. The lowest BCUT2D eigenvalue weighted by Crippen LogP contribution is -2.13. The van der Waals surface area contributed by atoms with E-state index in [1.165, 1.54) is 34.8 Å². The van der Waals surface area contributed by atoms with Crippen molar-refractivity contribution in [2.24, 2.45) is 0 Å². The van der Waals surface area contributed by atoms with Crippen LogP contribution in [0.1, 0.15) is 15.3 Å². The number of halogens is 2. The topological polar surface area (TPSA) is 42.0 Å². The van der Waals surface area contributed by atoms with Crippen LogP contribution in [0.5, 0.6) is 0 Å². The van der Waals surface area contributed by atoms with Crippen LogP contribution >= 0.6 is 22.7 Å². The predicted molar refractivity (Wildman–Crippen MR) is 87.9 cm³/mol. The molecule has 3 aromatic rings. The third kappa shape index (κ3) is 4.20. The van der Waals surface area contributed by atoms with Gasteiger partial charge in [0.05, 0.1) is 6.42 Å². The SMILES string of the molecule is O=C(Cc1cccs1)Nc1ncc(Cc2ccc(F)c(F)c2)s1. The van der Waals surface area contributed by atoms with Crippen LogP contribution in [0.3, 0.4) is 0 Å². The van der Waals surface area contributed by atoms with E-state index in [0.717, 1.165) is 15.8 Å². The van der Waals surface area contributed by atoms with Gasteiger partial charge in [0.25, 0.3) is 0 Å². The van der Waals surface area contributed by atoms with Crippen LogP contribution in [-0.2, 0) is 17.6 Å². The van der Waals surface area contributed by atoms with Crippen molar-refractivity contribution < 1.29 is 13.6 Å². The maximum atomic E-state index is 13.2. The smallest absolute Gasteiger partial charge is 0.231 e. The van der Waals surface area contributed by atoms with Crippen LogP contribution in [0.4, 0.5) is 13.9 Å². The molecular weight excluding hydrogens is 338 g/mol. The number of thiophene rings is 1. The summed E-state index contributed by atoms with van der Waals surface area (Å²) in [6.07, 6.45) is 2.39. The molecule has 23 heavy (non-hydrogen) atoms. The average molecular weight is 350 g/mol. The van der Waals surface area contributed by atoms with E-state index >= 15 is 0 Å². The Morgan fingerprint density at radius 2 is 2.04 bits per heavy atom. The lowest BCUT2D eigenvalue weighted by Gasteiger charge is -2.00. The standard InChI is InChI=1S/C16H12F2N2OS2/c17-13-4-3-10(7-14(13)18)6-12-9-19-16(23-12)20-15(21)8-11-2-1-5-22-11/h1-5,7,9H,6,8H2,(H,19,20,21). The summed E-state index contributed by atoms with van der Waals surface area (Å²) in [6.45, 7) is 0.